The molecule has 17 heavy (non-hydrogen) atoms. The van der Waals surface area contributed by atoms with Crippen LogP contribution in [0.4, 0.5) is 5.69 Å². The molecule has 0 aliphatic rings. The largest absolute Gasteiger partial charge is 0.396 e. The molecule has 0 atom stereocenters. The molecule has 0 heterocycles. The Morgan fingerprint density at radius 2 is 1.88 bits per heavy atom. The van der Waals surface area contributed by atoms with Gasteiger partial charge < -0.3 is 10.4 Å². The summed E-state index contributed by atoms with van der Waals surface area (Å²) in [6.45, 7) is 5.06. The number of benzene rings is 1. The van der Waals surface area contributed by atoms with Crippen molar-refractivity contribution >= 4 is 28.9 Å². The minimum absolute atomic E-state index is 0.0804. The number of halogens is 2. The maximum atomic E-state index is 9.47. The number of aliphatic hydroxyl groups is 1. The van der Waals surface area contributed by atoms with Crippen LogP contribution < -0.4 is 5.32 Å². The Morgan fingerprint density at radius 1 is 1.24 bits per heavy atom. The number of aliphatic hydroxyl groups excluding tert-OH is 1. The Labute approximate surface area is 113 Å². The van der Waals surface area contributed by atoms with Crippen molar-refractivity contribution in [1.29, 1.82) is 0 Å². The average Bonchev–Trinajstić information content (AvgIpc) is 2.33. The van der Waals surface area contributed by atoms with Crippen LogP contribution >= 0.6 is 23.2 Å². The Balaban J connectivity index is 2.72. The molecular formula is C13H19Cl2NO. The molecule has 0 aromatic heterocycles. The molecule has 0 saturated heterocycles. The molecule has 2 nitrogen and oxygen atoms in total. The van der Waals surface area contributed by atoms with E-state index in [1.807, 2.05) is 6.07 Å². The summed E-state index contributed by atoms with van der Waals surface area (Å²) < 4.78 is 0. The molecule has 1 rings (SSSR count). The van der Waals surface area contributed by atoms with E-state index >= 15 is 0 Å². The van der Waals surface area contributed by atoms with E-state index in [0.717, 1.165) is 18.5 Å². The van der Waals surface area contributed by atoms with Gasteiger partial charge in [0.1, 0.15) is 0 Å². The minimum Gasteiger partial charge on any atom is -0.396 e. The number of anilines is 1. The lowest BCUT2D eigenvalue weighted by Crippen LogP contribution is -2.32. The molecule has 1 aromatic carbocycles. The van der Waals surface area contributed by atoms with Gasteiger partial charge in [-0.1, -0.05) is 37.0 Å². The van der Waals surface area contributed by atoms with Crippen LogP contribution in [0.25, 0.3) is 0 Å². The van der Waals surface area contributed by atoms with Gasteiger partial charge >= 0.3 is 0 Å². The molecule has 4 heteroatoms. The normalized spacial score (nSPS) is 11.6. The molecule has 1 aromatic rings. The van der Waals surface area contributed by atoms with Gasteiger partial charge in [-0.2, -0.15) is 0 Å². The number of rotatable bonds is 6. The molecule has 96 valence electrons. The van der Waals surface area contributed by atoms with Gasteiger partial charge in [0, 0.05) is 17.0 Å². The minimum atomic E-state index is -0.0804. The first kappa shape index (κ1) is 14.6. The second-order valence-electron chi connectivity index (χ2n) is 4.34. The van der Waals surface area contributed by atoms with Crippen molar-refractivity contribution in [3.63, 3.8) is 0 Å². The maximum absolute atomic E-state index is 9.47. The van der Waals surface area contributed by atoms with Gasteiger partial charge in [0.05, 0.1) is 17.3 Å². The second kappa shape index (κ2) is 6.48. The number of hydrogen-bond donors (Lipinski definition) is 2. The molecule has 0 aliphatic carbocycles. The zero-order valence-corrected chi connectivity index (χ0v) is 11.8. The van der Waals surface area contributed by atoms with Crippen LogP contribution in [0.5, 0.6) is 0 Å². The van der Waals surface area contributed by atoms with E-state index in [-0.39, 0.29) is 12.0 Å². The zero-order valence-electron chi connectivity index (χ0n) is 10.3. The zero-order chi connectivity index (χ0) is 12.9. The first-order valence-electron chi connectivity index (χ1n) is 5.86. The third-order valence-corrected chi connectivity index (χ3v) is 3.97. The van der Waals surface area contributed by atoms with Gasteiger partial charge in [-0.3, -0.25) is 0 Å². The van der Waals surface area contributed by atoms with Crippen molar-refractivity contribution < 1.29 is 5.11 Å². The van der Waals surface area contributed by atoms with Crippen LogP contribution in [0.2, 0.25) is 10.0 Å². The first-order valence-corrected chi connectivity index (χ1v) is 6.62. The predicted octanol–water partition coefficient (Wildman–Crippen LogP) is 4.20. The lowest BCUT2D eigenvalue weighted by Gasteiger charge is -2.30. The fourth-order valence-corrected chi connectivity index (χ4v) is 2.17. The van der Waals surface area contributed by atoms with E-state index in [4.69, 9.17) is 23.2 Å². The SMILES string of the molecule is CCC(CC)(CO)CNc1ccc(Cl)cc1Cl. The van der Waals surface area contributed by atoms with E-state index < -0.39 is 0 Å². The molecule has 0 radical (unpaired) electrons. The molecule has 0 aliphatic heterocycles. The van der Waals surface area contributed by atoms with Crippen molar-refractivity contribution in [2.45, 2.75) is 26.7 Å². The Morgan fingerprint density at radius 3 is 2.35 bits per heavy atom. The smallest absolute Gasteiger partial charge is 0.0652 e. The van der Waals surface area contributed by atoms with Crippen molar-refractivity contribution in [3.05, 3.63) is 28.2 Å². The molecular weight excluding hydrogens is 257 g/mol. The fraction of sp³-hybridized carbons (Fsp3) is 0.538. The highest BCUT2D eigenvalue weighted by atomic mass is 35.5. The second-order valence-corrected chi connectivity index (χ2v) is 5.19. The third kappa shape index (κ3) is 3.77. The summed E-state index contributed by atoms with van der Waals surface area (Å²) in [7, 11) is 0. The highest BCUT2D eigenvalue weighted by molar-refractivity contribution is 6.36. The summed E-state index contributed by atoms with van der Waals surface area (Å²) in [5, 5.41) is 14.0. The van der Waals surface area contributed by atoms with E-state index in [2.05, 4.69) is 19.2 Å². The van der Waals surface area contributed by atoms with Crippen molar-refractivity contribution in [2.24, 2.45) is 5.41 Å². The van der Waals surface area contributed by atoms with E-state index in [1.54, 1.807) is 12.1 Å². The first-order chi connectivity index (χ1) is 8.06. The predicted molar refractivity (Wildman–Crippen MR) is 75.1 cm³/mol. The highest BCUT2D eigenvalue weighted by Crippen LogP contribution is 2.29. The lowest BCUT2D eigenvalue weighted by atomic mass is 9.83. The maximum Gasteiger partial charge on any atom is 0.0652 e. The van der Waals surface area contributed by atoms with Crippen LogP contribution in [0, 0.1) is 5.41 Å². The van der Waals surface area contributed by atoms with Gasteiger partial charge in [-0.15, -0.1) is 0 Å². The van der Waals surface area contributed by atoms with E-state index in [1.165, 1.54) is 0 Å². The van der Waals surface area contributed by atoms with Gasteiger partial charge in [0.15, 0.2) is 0 Å². The van der Waals surface area contributed by atoms with Crippen LogP contribution in [-0.4, -0.2) is 18.3 Å². The topological polar surface area (TPSA) is 32.3 Å². The summed E-state index contributed by atoms with van der Waals surface area (Å²) in [5.74, 6) is 0. The standard InChI is InChI=1S/C13H19Cl2NO/c1-3-13(4-2,9-17)8-16-12-6-5-10(14)7-11(12)15/h5-7,16-17H,3-4,8-9H2,1-2H3. The van der Waals surface area contributed by atoms with Crippen LogP contribution in [0.15, 0.2) is 18.2 Å². The molecule has 0 spiro atoms. The van der Waals surface area contributed by atoms with Gasteiger partial charge in [-0.05, 0) is 31.0 Å². The fourth-order valence-electron chi connectivity index (χ4n) is 1.70. The lowest BCUT2D eigenvalue weighted by molar-refractivity contribution is 0.127. The quantitative estimate of drug-likeness (QED) is 0.816. The summed E-state index contributed by atoms with van der Waals surface area (Å²) in [6.07, 6.45) is 1.86. The Kier molecular flexibility index (Phi) is 5.57. The molecule has 0 saturated carbocycles. The summed E-state index contributed by atoms with van der Waals surface area (Å²) in [5.41, 5.74) is 0.777. The van der Waals surface area contributed by atoms with Crippen molar-refractivity contribution in [2.75, 3.05) is 18.5 Å². The molecule has 0 unspecified atom stereocenters. The molecule has 0 bridgehead atoms. The van der Waals surface area contributed by atoms with Gasteiger partial charge in [0.25, 0.3) is 0 Å². The number of nitrogens with one attached hydrogen (secondary N) is 1. The van der Waals surface area contributed by atoms with Crippen molar-refractivity contribution in [3.8, 4) is 0 Å². The summed E-state index contributed by atoms with van der Waals surface area (Å²) >= 11 is 11.9. The van der Waals surface area contributed by atoms with E-state index in [9.17, 15) is 5.11 Å². The summed E-state index contributed by atoms with van der Waals surface area (Å²) in [4.78, 5) is 0. The van der Waals surface area contributed by atoms with Crippen LogP contribution in [0.1, 0.15) is 26.7 Å². The summed E-state index contributed by atoms with van der Waals surface area (Å²) in [6, 6.07) is 5.37. The van der Waals surface area contributed by atoms with Gasteiger partial charge in [0.2, 0.25) is 0 Å². The average molecular weight is 276 g/mol. The van der Waals surface area contributed by atoms with Crippen LogP contribution in [-0.2, 0) is 0 Å². The third-order valence-electron chi connectivity index (χ3n) is 3.42. The highest BCUT2D eigenvalue weighted by Gasteiger charge is 2.25. The molecule has 0 fully saturated rings. The molecule has 0 amide bonds. The monoisotopic (exact) mass is 275 g/mol. The van der Waals surface area contributed by atoms with Crippen molar-refractivity contribution in [1.82, 2.24) is 0 Å². The Bertz CT molecular complexity index is 356. The Hall–Kier alpha value is -0.440. The van der Waals surface area contributed by atoms with Gasteiger partial charge in [-0.25, -0.2) is 0 Å². The number of hydrogen-bond acceptors (Lipinski definition) is 2. The van der Waals surface area contributed by atoms with E-state index in [0.29, 0.717) is 16.6 Å². The van der Waals surface area contributed by atoms with Crippen LogP contribution in [0.3, 0.4) is 0 Å². The molecule has 2 N–H and O–H groups in total.